The Labute approximate surface area is 203 Å². The van der Waals surface area contributed by atoms with Crippen molar-refractivity contribution in [1.29, 1.82) is 0 Å². The molecule has 2 aromatic rings. The number of ketones is 1. The zero-order valence-corrected chi connectivity index (χ0v) is 20.4. The summed E-state index contributed by atoms with van der Waals surface area (Å²) in [6, 6.07) is 16.4. The first-order valence-electron chi connectivity index (χ1n) is 11.2. The van der Waals surface area contributed by atoms with Crippen LogP contribution in [0.1, 0.15) is 50.0 Å². The van der Waals surface area contributed by atoms with Crippen LogP contribution < -0.4 is 0 Å². The largest absolute Gasteiger partial charge is 0.445 e. The quantitative estimate of drug-likeness (QED) is 0.534. The van der Waals surface area contributed by atoms with Crippen molar-refractivity contribution >= 4 is 40.6 Å². The summed E-state index contributed by atoms with van der Waals surface area (Å²) in [5, 5.41) is 1.42. The molecule has 2 amide bonds. The van der Waals surface area contributed by atoms with Crippen LogP contribution >= 0.6 is 11.9 Å². The van der Waals surface area contributed by atoms with E-state index in [0.29, 0.717) is 22.7 Å². The molecule has 1 spiro atoms. The van der Waals surface area contributed by atoms with E-state index in [0.717, 1.165) is 26.9 Å². The number of carbonyl (C=O) groups excluding carboxylic acids is 3. The number of rotatable bonds is 3. The van der Waals surface area contributed by atoms with Gasteiger partial charge in [-0.25, -0.2) is 14.6 Å². The van der Waals surface area contributed by atoms with Crippen molar-refractivity contribution in [3.05, 3.63) is 65.7 Å². The summed E-state index contributed by atoms with van der Waals surface area (Å²) in [5.74, 6) is -0.308. The number of para-hydroxylation sites is 1. The van der Waals surface area contributed by atoms with Gasteiger partial charge in [-0.15, -0.1) is 4.41 Å². The van der Waals surface area contributed by atoms with Crippen LogP contribution in [0.5, 0.6) is 0 Å². The van der Waals surface area contributed by atoms with E-state index in [9.17, 15) is 14.4 Å². The number of aryl methyl sites for hydroxylation is 1. The first-order chi connectivity index (χ1) is 16.2. The number of carbonyl (C=O) groups is 3. The van der Waals surface area contributed by atoms with Gasteiger partial charge in [0.1, 0.15) is 5.04 Å². The van der Waals surface area contributed by atoms with Crippen LogP contribution in [-0.2, 0) is 15.9 Å². The Kier molecular flexibility index (Phi) is 6.65. The molecule has 1 atom stereocenters. The second kappa shape index (κ2) is 9.50. The van der Waals surface area contributed by atoms with Crippen LogP contribution in [0, 0.1) is 0 Å². The van der Waals surface area contributed by atoms with Gasteiger partial charge in [-0.3, -0.25) is 4.79 Å². The Morgan fingerprint density at radius 2 is 1.56 bits per heavy atom. The third-order valence-electron chi connectivity index (χ3n) is 5.45. The molecule has 1 aliphatic heterocycles. The Bertz CT molecular complexity index is 1130. The first kappa shape index (κ1) is 23.8. The molecule has 1 heterocycles. The summed E-state index contributed by atoms with van der Waals surface area (Å²) in [6.45, 7) is 6.85. The Hall–Kier alpha value is -3.33. The molecule has 1 fully saturated rings. The monoisotopic (exact) mass is 481 g/mol. The van der Waals surface area contributed by atoms with E-state index in [1.165, 1.54) is 0 Å². The van der Waals surface area contributed by atoms with Crippen LogP contribution in [0.2, 0.25) is 0 Å². The van der Waals surface area contributed by atoms with Gasteiger partial charge in [0.05, 0.1) is 17.9 Å². The van der Waals surface area contributed by atoms with Crippen molar-refractivity contribution in [3.63, 3.8) is 0 Å². The molecule has 178 valence electrons. The lowest BCUT2D eigenvalue weighted by Gasteiger charge is -2.40. The van der Waals surface area contributed by atoms with E-state index >= 15 is 0 Å². The van der Waals surface area contributed by atoms with Gasteiger partial charge in [0.25, 0.3) is 0 Å². The third-order valence-corrected chi connectivity index (χ3v) is 6.54. The first-order valence-corrected chi connectivity index (χ1v) is 12.0. The molecule has 0 N–H and O–H groups in total. The highest BCUT2D eigenvalue weighted by Crippen LogP contribution is 2.47. The zero-order valence-electron chi connectivity index (χ0n) is 19.6. The molecule has 0 bridgehead atoms. The molecule has 0 saturated carbocycles. The fourth-order valence-electron chi connectivity index (χ4n) is 4.04. The van der Waals surface area contributed by atoms with Crippen molar-refractivity contribution < 1.29 is 23.9 Å². The summed E-state index contributed by atoms with van der Waals surface area (Å²) < 4.78 is 12.0. The molecule has 0 aromatic heterocycles. The fourth-order valence-corrected chi connectivity index (χ4v) is 5.19. The van der Waals surface area contributed by atoms with Crippen molar-refractivity contribution in [2.45, 2.75) is 58.3 Å². The molecular weight excluding hydrogens is 454 g/mol. The van der Waals surface area contributed by atoms with Gasteiger partial charge in [0, 0.05) is 17.5 Å². The Morgan fingerprint density at radius 1 is 0.941 bits per heavy atom. The average molecular weight is 482 g/mol. The van der Waals surface area contributed by atoms with Gasteiger partial charge in [-0.1, -0.05) is 42.5 Å². The maximum atomic E-state index is 14.1. The number of benzene rings is 2. The number of aliphatic imine (C=N–C) groups is 1. The van der Waals surface area contributed by atoms with E-state index in [1.807, 2.05) is 30.3 Å². The van der Waals surface area contributed by atoms with Gasteiger partial charge in [-0.05, 0) is 58.2 Å². The number of fused-ring (bicyclic) bond motifs is 1. The minimum Gasteiger partial charge on any atom is -0.445 e. The van der Waals surface area contributed by atoms with Gasteiger partial charge in [0.15, 0.2) is 11.3 Å². The highest BCUT2D eigenvalue weighted by Gasteiger charge is 2.63. The summed E-state index contributed by atoms with van der Waals surface area (Å²) >= 11 is 0.916. The van der Waals surface area contributed by atoms with E-state index in [4.69, 9.17) is 14.5 Å². The minimum absolute atomic E-state index is 0.250. The number of Topliss-reactive ketones (excluding diaryl/α,β-unsaturated/α-hetero) is 1. The topological polar surface area (TPSA) is 88.5 Å². The summed E-state index contributed by atoms with van der Waals surface area (Å²) in [4.78, 5) is 45.4. The van der Waals surface area contributed by atoms with Crippen molar-refractivity contribution in [2.24, 2.45) is 4.99 Å². The highest BCUT2D eigenvalue weighted by atomic mass is 32.2. The van der Waals surface area contributed by atoms with Gasteiger partial charge in [-0.2, -0.15) is 5.01 Å². The fraction of sp³-hybridized carbons (Fsp3) is 0.360. The van der Waals surface area contributed by atoms with E-state index < -0.39 is 29.9 Å². The molecular formula is C25H27N3O5S. The maximum Gasteiger partial charge on any atom is 0.440 e. The zero-order chi connectivity index (χ0) is 24.5. The molecule has 34 heavy (non-hydrogen) atoms. The standard InChI is InChI=1S/C25H27N3O5S/c1-16(2)32-23(30)27-25(15-14-18-10-8-9-13-20(18)21(25)29)22(26-19-11-6-5-7-12-19)34-28(27)24(31)33-17(3)4/h5-13,16-17H,14-15H2,1-4H3/t25-/m0/s1. The van der Waals surface area contributed by atoms with Crippen molar-refractivity contribution in [2.75, 3.05) is 0 Å². The molecule has 1 saturated heterocycles. The second-order valence-corrected chi connectivity index (χ2v) is 9.56. The lowest BCUT2D eigenvalue weighted by molar-refractivity contribution is -0.0168. The average Bonchev–Trinajstić information content (AvgIpc) is 3.11. The molecule has 2 aliphatic rings. The van der Waals surface area contributed by atoms with Crippen molar-refractivity contribution in [1.82, 2.24) is 9.42 Å². The number of nitrogens with zero attached hydrogens (tertiary/aromatic N) is 3. The summed E-state index contributed by atoms with van der Waals surface area (Å²) in [7, 11) is 0. The molecule has 2 aromatic carbocycles. The van der Waals surface area contributed by atoms with Crippen LogP contribution in [0.3, 0.4) is 0 Å². The number of amides is 2. The van der Waals surface area contributed by atoms with Gasteiger partial charge >= 0.3 is 12.2 Å². The predicted octanol–water partition coefficient (Wildman–Crippen LogP) is 5.56. The van der Waals surface area contributed by atoms with Crippen LogP contribution in [-0.4, -0.2) is 50.2 Å². The molecule has 1 aliphatic carbocycles. The molecule has 8 nitrogen and oxygen atoms in total. The smallest absolute Gasteiger partial charge is 0.440 e. The lowest BCUT2D eigenvalue weighted by atomic mass is 9.76. The Balaban J connectivity index is 1.91. The third kappa shape index (κ3) is 4.27. The SMILES string of the molecule is CC(C)OC(=O)N1SC(=Nc2ccccc2)[C@@]2(CCc3ccccc3C2=O)N1C(=O)OC(C)C. The Morgan fingerprint density at radius 3 is 2.24 bits per heavy atom. The van der Waals surface area contributed by atoms with Gasteiger partial charge < -0.3 is 9.47 Å². The summed E-state index contributed by atoms with van der Waals surface area (Å²) in [5.41, 5.74) is 0.461. The normalized spacial score (nSPS) is 20.9. The molecule has 9 heteroatoms. The number of ether oxygens (including phenoxy) is 2. The van der Waals surface area contributed by atoms with Crippen LogP contribution in [0.25, 0.3) is 0 Å². The molecule has 4 rings (SSSR count). The van der Waals surface area contributed by atoms with E-state index in [1.54, 1.807) is 52.0 Å². The minimum atomic E-state index is -1.53. The van der Waals surface area contributed by atoms with Gasteiger partial charge in [0.2, 0.25) is 0 Å². The predicted molar refractivity (Wildman–Crippen MR) is 130 cm³/mol. The van der Waals surface area contributed by atoms with Crippen molar-refractivity contribution in [3.8, 4) is 0 Å². The lowest BCUT2D eigenvalue weighted by Crippen LogP contribution is -2.62. The summed E-state index contributed by atoms with van der Waals surface area (Å²) in [6.07, 6.45) is -1.70. The molecule has 0 unspecified atom stereocenters. The van der Waals surface area contributed by atoms with E-state index in [-0.39, 0.29) is 12.2 Å². The highest BCUT2D eigenvalue weighted by molar-refractivity contribution is 8.13. The maximum absolute atomic E-state index is 14.1. The van der Waals surface area contributed by atoms with E-state index in [2.05, 4.69) is 0 Å². The molecule has 0 radical (unpaired) electrons. The van der Waals surface area contributed by atoms with Crippen LogP contribution in [0.4, 0.5) is 15.3 Å². The number of hydrogen-bond acceptors (Lipinski definition) is 7. The number of hydrogen-bond donors (Lipinski definition) is 0. The number of hydrazine groups is 1. The van der Waals surface area contributed by atoms with Crippen LogP contribution in [0.15, 0.2) is 59.6 Å². The second-order valence-electron chi connectivity index (χ2n) is 8.64.